The molecule has 0 fully saturated rings. The molecule has 0 radical (unpaired) electrons. The molecule has 2 aromatic rings. The predicted octanol–water partition coefficient (Wildman–Crippen LogP) is 2.97. The Morgan fingerprint density at radius 3 is 2.80 bits per heavy atom. The summed E-state index contributed by atoms with van der Waals surface area (Å²) in [5, 5.41) is 7.49. The lowest BCUT2D eigenvalue weighted by molar-refractivity contribution is -0.124. The van der Waals surface area contributed by atoms with Crippen molar-refractivity contribution in [3.63, 3.8) is 0 Å². The van der Waals surface area contributed by atoms with E-state index in [2.05, 4.69) is 21.6 Å². The van der Waals surface area contributed by atoms with Gasteiger partial charge in [-0.1, -0.05) is 18.2 Å². The minimum atomic E-state index is -0.394. The summed E-state index contributed by atoms with van der Waals surface area (Å²) in [5.74, 6) is -0.211. The summed E-state index contributed by atoms with van der Waals surface area (Å²) in [4.78, 5) is 28.9. The van der Waals surface area contributed by atoms with Crippen molar-refractivity contribution < 1.29 is 9.59 Å². The van der Waals surface area contributed by atoms with Crippen LogP contribution in [0.4, 0.5) is 5.69 Å². The second-order valence-electron chi connectivity index (χ2n) is 6.09. The summed E-state index contributed by atoms with van der Waals surface area (Å²) in [6.45, 7) is 0.530. The number of hydrogen-bond acceptors (Lipinski definition) is 5. The van der Waals surface area contributed by atoms with E-state index in [-0.39, 0.29) is 24.3 Å². The molecule has 0 spiro atoms. The van der Waals surface area contributed by atoms with E-state index in [0.29, 0.717) is 6.54 Å². The van der Waals surface area contributed by atoms with Crippen LogP contribution in [0.2, 0.25) is 0 Å². The van der Waals surface area contributed by atoms with E-state index < -0.39 is 5.25 Å². The van der Waals surface area contributed by atoms with Crippen LogP contribution in [0.5, 0.6) is 0 Å². The van der Waals surface area contributed by atoms with Crippen LogP contribution in [0.3, 0.4) is 0 Å². The topological polar surface area (TPSA) is 61.4 Å². The van der Waals surface area contributed by atoms with Crippen molar-refractivity contribution in [1.29, 1.82) is 0 Å². The number of benzene rings is 1. The normalized spacial score (nSPS) is 17.7. The van der Waals surface area contributed by atoms with Gasteiger partial charge < -0.3 is 15.5 Å². The van der Waals surface area contributed by atoms with Gasteiger partial charge in [-0.2, -0.15) is 0 Å². The van der Waals surface area contributed by atoms with Gasteiger partial charge in [0.1, 0.15) is 0 Å². The molecule has 1 aromatic heterocycles. The van der Waals surface area contributed by atoms with Crippen molar-refractivity contribution in [2.45, 2.75) is 22.6 Å². The molecule has 2 atom stereocenters. The van der Waals surface area contributed by atoms with Gasteiger partial charge in [0.2, 0.25) is 11.8 Å². The number of nitrogens with one attached hydrogen (secondary N) is 2. The highest BCUT2D eigenvalue weighted by atomic mass is 32.2. The van der Waals surface area contributed by atoms with Crippen LogP contribution < -0.4 is 10.6 Å². The van der Waals surface area contributed by atoms with Crippen LogP contribution in [0.15, 0.2) is 46.7 Å². The van der Waals surface area contributed by atoms with Gasteiger partial charge in [0.25, 0.3) is 0 Å². The van der Waals surface area contributed by atoms with Gasteiger partial charge >= 0.3 is 0 Å². The zero-order valence-corrected chi connectivity index (χ0v) is 15.8. The molecule has 0 saturated carbocycles. The van der Waals surface area contributed by atoms with E-state index in [9.17, 15) is 9.59 Å². The molecule has 25 heavy (non-hydrogen) atoms. The largest absolute Gasteiger partial charge is 0.354 e. The smallest absolute Gasteiger partial charge is 0.238 e. The Balaban J connectivity index is 1.57. The monoisotopic (exact) mass is 375 g/mol. The van der Waals surface area contributed by atoms with Gasteiger partial charge in [-0.05, 0) is 37.7 Å². The van der Waals surface area contributed by atoms with Gasteiger partial charge in [0, 0.05) is 22.7 Å². The highest BCUT2D eigenvalue weighted by Crippen LogP contribution is 2.36. The number of fused-ring (bicyclic) bond motifs is 1. The highest BCUT2D eigenvalue weighted by molar-refractivity contribution is 8.01. The summed E-state index contributed by atoms with van der Waals surface area (Å²) in [7, 11) is 4.00. The molecule has 2 N–H and O–H groups in total. The number of amides is 2. The van der Waals surface area contributed by atoms with Gasteiger partial charge in [-0.3, -0.25) is 9.59 Å². The Kier molecular flexibility index (Phi) is 5.78. The van der Waals surface area contributed by atoms with Crippen LogP contribution in [-0.2, 0) is 9.59 Å². The molecule has 1 aliphatic heterocycles. The lowest BCUT2D eigenvalue weighted by Gasteiger charge is -2.25. The fourth-order valence-electron chi connectivity index (χ4n) is 2.70. The fraction of sp³-hybridized carbons (Fsp3) is 0.333. The first-order valence-corrected chi connectivity index (χ1v) is 9.83. The molecule has 2 heterocycles. The molecular formula is C18H21N3O2S2. The number of carbonyl (C=O) groups excluding carboxylic acids is 2. The van der Waals surface area contributed by atoms with Crippen molar-refractivity contribution in [2.75, 3.05) is 26.0 Å². The second-order valence-corrected chi connectivity index (χ2v) is 8.32. The molecular weight excluding hydrogens is 354 g/mol. The third-order valence-corrected chi connectivity index (χ3v) is 6.31. The number of hydrogen-bond donors (Lipinski definition) is 2. The number of para-hydroxylation sites is 1. The number of anilines is 1. The van der Waals surface area contributed by atoms with Crippen molar-refractivity contribution in [2.24, 2.45) is 0 Å². The lowest BCUT2D eigenvalue weighted by Crippen LogP contribution is -2.38. The molecule has 1 aromatic carbocycles. The Labute approximate surface area is 155 Å². The Hall–Kier alpha value is -1.83. The molecule has 0 bridgehead atoms. The Morgan fingerprint density at radius 1 is 1.28 bits per heavy atom. The molecule has 0 saturated heterocycles. The van der Waals surface area contributed by atoms with E-state index in [1.807, 2.05) is 49.8 Å². The first-order chi connectivity index (χ1) is 12.0. The van der Waals surface area contributed by atoms with E-state index in [1.54, 1.807) is 11.3 Å². The number of thiophene rings is 1. The van der Waals surface area contributed by atoms with Crippen LogP contribution in [0.25, 0.3) is 0 Å². The van der Waals surface area contributed by atoms with E-state index >= 15 is 0 Å². The third kappa shape index (κ3) is 4.42. The number of carbonyl (C=O) groups is 2. The lowest BCUT2D eigenvalue weighted by atomic mass is 10.2. The van der Waals surface area contributed by atoms with Crippen LogP contribution in [0.1, 0.15) is 17.3 Å². The Bertz CT molecular complexity index is 747. The van der Waals surface area contributed by atoms with Crippen molar-refractivity contribution >= 4 is 40.6 Å². The van der Waals surface area contributed by atoms with Crippen molar-refractivity contribution in [1.82, 2.24) is 10.2 Å². The van der Waals surface area contributed by atoms with Crippen molar-refractivity contribution in [3.8, 4) is 0 Å². The SMILES string of the molecule is CN(C)[C@@H](CNC(=O)C[C@@H]1Sc2ccccc2NC1=O)c1cccs1. The summed E-state index contributed by atoms with van der Waals surface area (Å²) >= 11 is 3.13. The molecule has 7 heteroatoms. The molecule has 132 valence electrons. The zero-order valence-electron chi connectivity index (χ0n) is 14.2. The molecule has 1 aliphatic rings. The minimum Gasteiger partial charge on any atom is -0.354 e. The van der Waals surface area contributed by atoms with E-state index in [4.69, 9.17) is 0 Å². The van der Waals surface area contributed by atoms with Crippen LogP contribution in [-0.4, -0.2) is 42.6 Å². The first kappa shape index (κ1) is 18.0. The van der Waals surface area contributed by atoms with Gasteiger partial charge in [-0.15, -0.1) is 23.1 Å². The molecule has 0 unspecified atom stereocenters. The summed E-state index contributed by atoms with van der Waals surface area (Å²) < 4.78 is 0. The van der Waals surface area contributed by atoms with E-state index in [1.165, 1.54) is 16.6 Å². The van der Waals surface area contributed by atoms with Gasteiger partial charge in [0.05, 0.1) is 17.0 Å². The third-order valence-electron chi connectivity index (χ3n) is 4.06. The average Bonchev–Trinajstić information content (AvgIpc) is 3.09. The molecule has 0 aliphatic carbocycles. The highest BCUT2D eigenvalue weighted by Gasteiger charge is 2.29. The van der Waals surface area contributed by atoms with Crippen molar-refractivity contribution in [3.05, 3.63) is 46.7 Å². The maximum absolute atomic E-state index is 12.3. The maximum Gasteiger partial charge on any atom is 0.238 e. The summed E-state index contributed by atoms with van der Waals surface area (Å²) in [6, 6.07) is 11.9. The van der Waals surface area contributed by atoms with Gasteiger partial charge in [0.15, 0.2) is 0 Å². The van der Waals surface area contributed by atoms with Crippen LogP contribution in [0, 0.1) is 0 Å². The standard InChI is InChI=1S/C18H21N3O2S2/c1-21(2)13(15-8-5-9-24-15)11-19-17(22)10-16-18(23)20-12-6-3-4-7-14(12)25-16/h3-9,13,16H,10-11H2,1-2H3,(H,19,22)(H,20,23)/t13-,16-/m0/s1. The first-order valence-electron chi connectivity index (χ1n) is 8.07. The zero-order chi connectivity index (χ0) is 17.8. The average molecular weight is 376 g/mol. The molecule has 2 amide bonds. The quantitative estimate of drug-likeness (QED) is 0.815. The number of nitrogens with zero attached hydrogens (tertiary/aromatic N) is 1. The molecule has 3 rings (SSSR count). The minimum absolute atomic E-state index is 0.101. The maximum atomic E-state index is 12.3. The van der Waals surface area contributed by atoms with E-state index in [0.717, 1.165) is 10.6 Å². The fourth-order valence-corrected chi connectivity index (χ4v) is 4.73. The van der Waals surface area contributed by atoms with Crippen LogP contribution >= 0.6 is 23.1 Å². The predicted molar refractivity (Wildman–Crippen MR) is 103 cm³/mol. The Morgan fingerprint density at radius 2 is 2.08 bits per heavy atom. The number of rotatable bonds is 6. The summed E-state index contributed by atoms with van der Waals surface area (Å²) in [6.07, 6.45) is 0.176. The molecule has 5 nitrogen and oxygen atoms in total. The van der Waals surface area contributed by atoms with Gasteiger partial charge in [-0.25, -0.2) is 0 Å². The number of likely N-dealkylation sites (N-methyl/N-ethyl adjacent to an activating group) is 1. The second kappa shape index (κ2) is 8.03. The number of thioether (sulfide) groups is 1. The summed E-state index contributed by atoms with van der Waals surface area (Å²) in [5.41, 5.74) is 0.819.